The lowest BCUT2D eigenvalue weighted by Crippen LogP contribution is -2.20. The molecule has 0 radical (unpaired) electrons. The molecular formula is C21H16BrClN4O. The third-order valence-corrected chi connectivity index (χ3v) is 5.23. The van der Waals surface area contributed by atoms with E-state index in [2.05, 4.69) is 31.7 Å². The fraction of sp³-hybridized carbons (Fsp3) is 0.0476. The van der Waals surface area contributed by atoms with E-state index in [0.717, 1.165) is 22.0 Å². The topological polar surface area (TPSA) is 59.0 Å². The van der Waals surface area contributed by atoms with Gasteiger partial charge in [0.15, 0.2) is 5.82 Å². The zero-order chi connectivity index (χ0) is 19.5. The summed E-state index contributed by atoms with van der Waals surface area (Å²) in [7, 11) is 0. The number of aromatic nitrogens is 2. The highest BCUT2D eigenvalue weighted by molar-refractivity contribution is 9.10. The maximum Gasteiger partial charge on any atom is 0.324 e. The summed E-state index contributed by atoms with van der Waals surface area (Å²) < 4.78 is 2.41. The summed E-state index contributed by atoms with van der Waals surface area (Å²) in [6.45, 7) is 0.505. The number of nitrogens with one attached hydrogen (secondary N) is 2. The van der Waals surface area contributed by atoms with Gasteiger partial charge in [-0.3, -0.25) is 10.00 Å². The number of halogens is 2. The smallest absolute Gasteiger partial charge is 0.307 e. The Bertz CT molecular complexity index is 1150. The highest BCUT2D eigenvalue weighted by Crippen LogP contribution is 2.25. The number of carbonyl (C=O) groups excluding carboxylic acids is 1. The summed E-state index contributed by atoms with van der Waals surface area (Å²) in [5.41, 5.74) is 1.69. The Morgan fingerprint density at radius 2 is 1.75 bits per heavy atom. The van der Waals surface area contributed by atoms with Crippen molar-refractivity contribution >= 4 is 55.8 Å². The van der Waals surface area contributed by atoms with Crippen LogP contribution in [-0.2, 0) is 6.54 Å². The van der Waals surface area contributed by atoms with Crippen molar-refractivity contribution in [3.63, 3.8) is 0 Å². The van der Waals surface area contributed by atoms with Crippen LogP contribution in [0.25, 0.3) is 10.8 Å². The summed E-state index contributed by atoms with van der Waals surface area (Å²) in [5, 5.41) is 12.8. The van der Waals surface area contributed by atoms with Crippen LogP contribution in [-0.4, -0.2) is 15.8 Å². The first kappa shape index (κ1) is 18.5. The number of benzene rings is 3. The molecule has 3 aromatic carbocycles. The largest absolute Gasteiger partial charge is 0.324 e. The molecule has 7 heteroatoms. The fourth-order valence-corrected chi connectivity index (χ4v) is 3.57. The van der Waals surface area contributed by atoms with E-state index in [4.69, 9.17) is 11.6 Å². The monoisotopic (exact) mass is 454 g/mol. The number of hydrogen-bond acceptors (Lipinski definition) is 2. The Balaban J connectivity index is 1.49. The fourth-order valence-electron chi connectivity index (χ4n) is 2.96. The van der Waals surface area contributed by atoms with Crippen LogP contribution < -0.4 is 10.6 Å². The first-order valence-electron chi connectivity index (χ1n) is 8.62. The van der Waals surface area contributed by atoms with Crippen LogP contribution in [0.4, 0.5) is 16.3 Å². The second-order valence-corrected chi connectivity index (χ2v) is 7.48. The van der Waals surface area contributed by atoms with Gasteiger partial charge >= 0.3 is 6.03 Å². The molecule has 0 bridgehead atoms. The highest BCUT2D eigenvalue weighted by atomic mass is 79.9. The lowest BCUT2D eigenvalue weighted by Gasteiger charge is -2.09. The zero-order valence-electron chi connectivity index (χ0n) is 14.7. The molecule has 0 saturated heterocycles. The molecule has 0 fully saturated rings. The minimum Gasteiger partial charge on any atom is -0.307 e. The van der Waals surface area contributed by atoms with Gasteiger partial charge in [-0.15, -0.1) is 0 Å². The molecule has 0 aliphatic carbocycles. The van der Waals surface area contributed by atoms with Gasteiger partial charge in [0.1, 0.15) is 0 Å². The minimum absolute atomic E-state index is 0.361. The Kier molecular flexibility index (Phi) is 5.32. The van der Waals surface area contributed by atoms with Gasteiger partial charge in [-0.1, -0.05) is 66.2 Å². The van der Waals surface area contributed by atoms with Crippen molar-refractivity contribution < 1.29 is 4.79 Å². The predicted molar refractivity (Wildman–Crippen MR) is 117 cm³/mol. The Morgan fingerprint density at radius 3 is 2.61 bits per heavy atom. The molecule has 1 aromatic heterocycles. The van der Waals surface area contributed by atoms with E-state index in [1.54, 1.807) is 10.9 Å². The van der Waals surface area contributed by atoms with Crippen LogP contribution in [0.3, 0.4) is 0 Å². The van der Waals surface area contributed by atoms with Crippen molar-refractivity contribution in [2.24, 2.45) is 0 Å². The van der Waals surface area contributed by atoms with Crippen LogP contribution in [0.2, 0.25) is 5.02 Å². The van der Waals surface area contributed by atoms with E-state index in [9.17, 15) is 4.79 Å². The minimum atomic E-state index is -0.361. The summed E-state index contributed by atoms with van der Waals surface area (Å²) in [5.74, 6) is 0.435. The molecule has 2 N–H and O–H groups in total. The average molecular weight is 456 g/mol. The Hall–Kier alpha value is -2.83. The quantitative estimate of drug-likeness (QED) is 0.388. The number of carbonyl (C=O) groups is 1. The van der Waals surface area contributed by atoms with Crippen molar-refractivity contribution in [3.05, 3.63) is 88.0 Å². The SMILES string of the molecule is O=C(Nc1nn(Cc2ccccc2Cl)cc1Br)Nc1cccc2ccccc12. The van der Waals surface area contributed by atoms with E-state index < -0.39 is 0 Å². The highest BCUT2D eigenvalue weighted by Gasteiger charge is 2.12. The van der Waals surface area contributed by atoms with Gasteiger partial charge in [0.2, 0.25) is 0 Å². The second kappa shape index (κ2) is 8.04. The number of amides is 2. The van der Waals surface area contributed by atoms with Crippen molar-refractivity contribution in [1.29, 1.82) is 0 Å². The standard InChI is InChI=1S/C21H16BrClN4O/c22-17-13-27(12-15-7-2-4-10-18(15)23)26-20(17)25-21(28)24-19-11-5-8-14-6-1-3-9-16(14)19/h1-11,13H,12H2,(H2,24,25,26,28). The lowest BCUT2D eigenvalue weighted by molar-refractivity contribution is 0.262. The molecule has 0 saturated carbocycles. The molecule has 0 aliphatic heterocycles. The molecule has 4 aromatic rings. The molecule has 28 heavy (non-hydrogen) atoms. The first-order chi connectivity index (χ1) is 13.6. The maximum atomic E-state index is 12.5. The number of fused-ring (bicyclic) bond motifs is 1. The van der Waals surface area contributed by atoms with Crippen molar-refractivity contribution in [3.8, 4) is 0 Å². The van der Waals surface area contributed by atoms with E-state index in [1.165, 1.54) is 0 Å². The molecule has 140 valence electrons. The van der Waals surface area contributed by atoms with Gasteiger partial charge in [0, 0.05) is 16.6 Å². The third-order valence-electron chi connectivity index (χ3n) is 4.28. The molecule has 5 nitrogen and oxygen atoms in total. The number of nitrogens with zero attached hydrogens (tertiary/aromatic N) is 2. The van der Waals surface area contributed by atoms with Crippen molar-refractivity contribution in [1.82, 2.24) is 9.78 Å². The van der Waals surface area contributed by atoms with Crippen molar-refractivity contribution in [2.45, 2.75) is 6.54 Å². The van der Waals surface area contributed by atoms with Crippen LogP contribution in [0, 0.1) is 0 Å². The third kappa shape index (κ3) is 4.03. The summed E-state index contributed by atoms with van der Waals surface area (Å²) >= 11 is 9.65. The number of rotatable bonds is 4. The van der Waals surface area contributed by atoms with Gasteiger partial charge in [0.25, 0.3) is 0 Å². The van der Waals surface area contributed by atoms with Gasteiger partial charge in [-0.05, 0) is 39.0 Å². The van der Waals surface area contributed by atoms with Crippen LogP contribution in [0.5, 0.6) is 0 Å². The zero-order valence-corrected chi connectivity index (χ0v) is 17.0. The first-order valence-corrected chi connectivity index (χ1v) is 9.79. The summed E-state index contributed by atoms with van der Waals surface area (Å²) in [6.07, 6.45) is 1.80. The summed E-state index contributed by atoms with van der Waals surface area (Å²) in [4.78, 5) is 12.5. The van der Waals surface area contributed by atoms with Gasteiger partial charge in [-0.2, -0.15) is 5.10 Å². The number of hydrogen-bond donors (Lipinski definition) is 2. The molecule has 0 spiro atoms. The summed E-state index contributed by atoms with van der Waals surface area (Å²) in [6, 6.07) is 20.9. The van der Waals surface area contributed by atoms with Gasteiger partial charge in [-0.25, -0.2) is 4.79 Å². The molecular weight excluding hydrogens is 440 g/mol. The Morgan fingerprint density at radius 1 is 1.00 bits per heavy atom. The predicted octanol–water partition coefficient (Wildman–Crippen LogP) is 6.14. The van der Waals surface area contributed by atoms with Crippen molar-refractivity contribution in [2.75, 3.05) is 10.6 Å². The number of anilines is 2. The van der Waals surface area contributed by atoms with Crippen LogP contribution in [0.15, 0.2) is 77.4 Å². The average Bonchev–Trinajstić information content (AvgIpc) is 3.03. The maximum absolute atomic E-state index is 12.5. The van der Waals surface area contributed by atoms with E-state index in [1.807, 2.05) is 66.7 Å². The van der Waals surface area contributed by atoms with E-state index in [-0.39, 0.29) is 6.03 Å². The molecule has 2 amide bonds. The number of urea groups is 1. The molecule has 0 unspecified atom stereocenters. The molecule has 1 heterocycles. The van der Waals surface area contributed by atoms with Gasteiger partial charge in [0.05, 0.1) is 16.7 Å². The molecule has 4 rings (SSSR count). The second-order valence-electron chi connectivity index (χ2n) is 6.22. The van der Waals surface area contributed by atoms with E-state index >= 15 is 0 Å². The van der Waals surface area contributed by atoms with Crippen LogP contribution >= 0.6 is 27.5 Å². The van der Waals surface area contributed by atoms with Crippen LogP contribution in [0.1, 0.15) is 5.56 Å². The Labute approximate surface area is 175 Å². The molecule has 0 atom stereocenters. The molecule has 0 aliphatic rings. The van der Waals surface area contributed by atoms with E-state index in [0.29, 0.717) is 21.9 Å². The normalized spacial score (nSPS) is 10.8. The lowest BCUT2D eigenvalue weighted by atomic mass is 10.1. The van der Waals surface area contributed by atoms with Gasteiger partial charge < -0.3 is 5.32 Å².